The molecule has 1 spiro atoms. The summed E-state index contributed by atoms with van der Waals surface area (Å²) in [7, 11) is 0. The molecule has 7 heterocycles. The van der Waals surface area contributed by atoms with Gasteiger partial charge in [0.05, 0.1) is 46.3 Å². The van der Waals surface area contributed by atoms with E-state index < -0.39 is 47.4 Å². The average Bonchev–Trinajstić information content (AvgIpc) is 3.80. The van der Waals surface area contributed by atoms with E-state index in [1.165, 1.54) is 27.8 Å². The number of alkyl halides is 3. The first kappa shape index (κ1) is 39.4. The fraction of sp³-hybridized carbons (Fsp3) is 0.375. The molecule has 20 heteroatoms. The summed E-state index contributed by atoms with van der Waals surface area (Å²) in [6.07, 6.45) is -3.60. The number of benzene rings is 2. The Morgan fingerprint density at radius 1 is 1.05 bits per heavy atom. The van der Waals surface area contributed by atoms with Crippen molar-refractivity contribution >= 4 is 46.5 Å². The van der Waals surface area contributed by atoms with Crippen LogP contribution in [0.1, 0.15) is 53.2 Å². The number of nitrogens with one attached hydrogen (secondary N) is 1. The third-order valence-corrected chi connectivity index (χ3v) is 11.9. The summed E-state index contributed by atoms with van der Waals surface area (Å²) in [6, 6.07) is 12.9. The van der Waals surface area contributed by atoms with Crippen LogP contribution < -0.4 is 15.8 Å². The van der Waals surface area contributed by atoms with Gasteiger partial charge in [0.15, 0.2) is 11.5 Å². The number of carbonyl (C=O) groups excluding carboxylic acids is 3. The minimum atomic E-state index is -4.64. The summed E-state index contributed by atoms with van der Waals surface area (Å²) < 4.78 is 54.7. The van der Waals surface area contributed by atoms with Crippen molar-refractivity contribution < 1.29 is 42.1 Å². The number of fused-ring (bicyclic) bond motifs is 4. The largest absolute Gasteiger partial charge is 0.505 e. The molecule has 0 aliphatic carbocycles. The Hall–Kier alpha value is -6.05. The third kappa shape index (κ3) is 6.89. The van der Waals surface area contributed by atoms with E-state index in [4.69, 9.17) is 26.1 Å². The van der Waals surface area contributed by atoms with Gasteiger partial charge in [0, 0.05) is 50.2 Å². The fourth-order valence-corrected chi connectivity index (χ4v) is 8.91. The van der Waals surface area contributed by atoms with Crippen molar-refractivity contribution in [3.8, 4) is 17.1 Å². The van der Waals surface area contributed by atoms with Crippen molar-refractivity contribution in [2.75, 3.05) is 56.2 Å². The number of pyridine rings is 1. The van der Waals surface area contributed by atoms with Gasteiger partial charge in [-0.15, -0.1) is 5.10 Å². The van der Waals surface area contributed by atoms with Gasteiger partial charge in [-0.2, -0.15) is 22.7 Å². The van der Waals surface area contributed by atoms with Crippen LogP contribution in [-0.2, 0) is 37.4 Å². The molecule has 4 aliphatic heterocycles. The highest BCUT2D eigenvalue weighted by molar-refractivity contribution is 6.33. The van der Waals surface area contributed by atoms with Crippen molar-refractivity contribution in [1.29, 1.82) is 0 Å². The minimum Gasteiger partial charge on any atom is -0.505 e. The Labute approximate surface area is 344 Å². The molecule has 16 nitrogen and oxygen atoms in total. The molecule has 0 unspecified atom stereocenters. The van der Waals surface area contributed by atoms with Crippen molar-refractivity contribution in [3.05, 3.63) is 98.7 Å². The van der Waals surface area contributed by atoms with Crippen LogP contribution in [0.3, 0.4) is 0 Å². The van der Waals surface area contributed by atoms with Crippen LogP contribution >= 0.6 is 11.6 Å². The fourth-order valence-electron chi connectivity index (χ4n) is 8.68. The number of piperidine rings is 1. The lowest BCUT2D eigenvalue weighted by Gasteiger charge is -2.44. The predicted octanol–water partition coefficient (Wildman–Crippen LogP) is 4.24. The number of aromatic nitrogens is 5. The maximum absolute atomic E-state index is 14.6. The maximum Gasteiger partial charge on any atom is 0.416 e. The highest BCUT2D eigenvalue weighted by Gasteiger charge is 2.51. The number of morpholine rings is 1. The van der Waals surface area contributed by atoms with Gasteiger partial charge in [-0.3, -0.25) is 19.2 Å². The second-order valence-electron chi connectivity index (χ2n) is 15.2. The minimum absolute atomic E-state index is 0.0183. The van der Waals surface area contributed by atoms with E-state index in [0.29, 0.717) is 37.5 Å². The van der Waals surface area contributed by atoms with E-state index in [0.717, 1.165) is 28.4 Å². The summed E-state index contributed by atoms with van der Waals surface area (Å²) in [5.74, 6) is -1.21. The number of piperazine rings is 1. The zero-order valence-corrected chi connectivity index (χ0v) is 32.7. The van der Waals surface area contributed by atoms with Crippen molar-refractivity contribution in [2.24, 2.45) is 0 Å². The van der Waals surface area contributed by atoms with Crippen molar-refractivity contribution in [3.63, 3.8) is 0 Å². The Morgan fingerprint density at radius 2 is 1.82 bits per heavy atom. The normalized spacial score (nSPS) is 20.1. The first-order valence-electron chi connectivity index (χ1n) is 19.2. The lowest BCUT2D eigenvalue weighted by molar-refractivity contribution is -0.148. The molecule has 4 aliphatic rings. The van der Waals surface area contributed by atoms with Crippen LogP contribution in [0.5, 0.6) is 5.75 Å². The van der Waals surface area contributed by atoms with Gasteiger partial charge in [-0.05, 0) is 74.4 Å². The Kier molecular flexibility index (Phi) is 9.78. The summed E-state index contributed by atoms with van der Waals surface area (Å²) >= 11 is 6.18. The van der Waals surface area contributed by atoms with Gasteiger partial charge < -0.3 is 39.2 Å². The number of nitrogens with zero attached hydrogens (tertiary/aromatic N) is 8. The van der Waals surface area contributed by atoms with Crippen molar-refractivity contribution in [1.82, 2.24) is 33.9 Å². The van der Waals surface area contributed by atoms with Gasteiger partial charge in [-0.25, -0.2) is 4.98 Å². The number of anilines is 2. The van der Waals surface area contributed by atoms with Gasteiger partial charge >= 0.3 is 6.18 Å². The molecular weight excluding hydrogens is 811 g/mol. The van der Waals surface area contributed by atoms with Crippen LogP contribution in [0.4, 0.5) is 24.5 Å². The second-order valence-corrected chi connectivity index (χ2v) is 15.6. The van der Waals surface area contributed by atoms with E-state index in [9.17, 15) is 37.5 Å². The van der Waals surface area contributed by atoms with Crippen LogP contribution in [0.15, 0.2) is 65.6 Å². The number of halogens is 4. The highest BCUT2D eigenvalue weighted by atomic mass is 35.5. The number of hydrogen-bond donors (Lipinski definition) is 2. The van der Waals surface area contributed by atoms with Gasteiger partial charge in [0.2, 0.25) is 17.6 Å². The average molecular weight is 848 g/mol. The quantitative estimate of drug-likeness (QED) is 0.250. The molecular formula is C40H37ClF3N9O7. The van der Waals surface area contributed by atoms with Gasteiger partial charge in [-0.1, -0.05) is 11.6 Å². The molecule has 3 aromatic heterocycles. The number of amides is 3. The molecule has 60 heavy (non-hydrogen) atoms. The van der Waals surface area contributed by atoms with Crippen LogP contribution in [0.25, 0.3) is 17.2 Å². The highest BCUT2D eigenvalue weighted by Crippen LogP contribution is 2.48. The molecule has 2 N–H and O–H groups in total. The molecule has 9 rings (SSSR count). The van der Waals surface area contributed by atoms with Crippen molar-refractivity contribution in [2.45, 2.75) is 50.2 Å². The summed E-state index contributed by atoms with van der Waals surface area (Å²) in [4.78, 5) is 68.4. The molecule has 0 bridgehead atoms. The Bertz CT molecular complexity index is 2610. The number of carbonyl (C=O) groups is 3. The molecule has 3 saturated heterocycles. The zero-order valence-electron chi connectivity index (χ0n) is 32.0. The molecule has 0 radical (unpaired) electrons. The van der Waals surface area contributed by atoms with E-state index >= 15 is 0 Å². The molecule has 5 aromatic rings. The summed E-state index contributed by atoms with van der Waals surface area (Å²) in [6.45, 7) is 3.95. The molecule has 3 fully saturated rings. The van der Waals surface area contributed by atoms with Crippen LogP contribution in [-0.4, -0.2) is 109 Å². The third-order valence-electron chi connectivity index (χ3n) is 11.6. The van der Waals surface area contributed by atoms with E-state index in [1.807, 2.05) is 29.2 Å². The number of likely N-dealkylation sites (tertiary alicyclic amines) is 1. The van der Waals surface area contributed by atoms with Crippen LogP contribution in [0.2, 0.25) is 5.02 Å². The SMILES string of the molecule is C[C@H]1OC2(CCN(C(=O)c3ncccc3O)CC2)c2c1n(CC(=O)Nc1ccc(C(F)(F)F)cc1Cl)c1nc(-c3ccc(N4CCN5C(=O)COC[C@H]5C4)cc3)nn1c2=O. The zero-order chi connectivity index (χ0) is 42.1. The lowest BCUT2D eigenvalue weighted by atomic mass is 9.85. The second kappa shape index (κ2) is 14.9. The number of ether oxygens (including phenoxy) is 2. The molecule has 3 amide bonds. The molecule has 2 atom stereocenters. The predicted molar refractivity (Wildman–Crippen MR) is 209 cm³/mol. The first-order valence-corrected chi connectivity index (χ1v) is 19.6. The smallest absolute Gasteiger partial charge is 0.416 e. The first-order chi connectivity index (χ1) is 28.7. The number of rotatable bonds is 6. The Balaban J connectivity index is 1.06. The van der Waals surface area contributed by atoms with E-state index in [1.54, 1.807) is 6.92 Å². The standard InChI is InChI=1S/C40H37ClF3N9O7/c1-22-34-32(39(60-22)10-13-49(14-11-39)37(58)33-29(54)3-2-12-45-33)36(57)53-38(52(34)19-30(55)46-28-9-6-24(17-27(28)41)40(42,43)44)47-35(48-53)23-4-7-25(8-5-23)50-15-16-51-26(18-50)20-59-21-31(51)56/h2-9,12,17,22,26,54H,10-11,13-16,18-21H2,1H3,(H,46,55)/t22-,26-/m1/s1. The Morgan fingerprint density at radius 3 is 2.53 bits per heavy atom. The monoisotopic (exact) mass is 847 g/mol. The number of hydrogen-bond acceptors (Lipinski definition) is 11. The topological polar surface area (TPSA) is 177 Å². The molecule has 2 aromatic carbocycles. The molecule has 0 saturated carbocycles. The van der Waals surface area contributed by atoms with Gasteiger partial charge in [0.25, 0.3) is 11.5 Å². The lowest BCUT2D eigenvalue weighted by Crippen LogP contribution is -2.60. The maximum atomic E-state index is 14.6. The molecule has 312 valence electrons. The van der Waals surface area contributed by atoms with Crippen LogP contribution in [0, 0.1) is 0 Å². The van der Waals surface area contributed by atoms with E-state index in [2.05, 4.69) is 20.3 Å². The van der Waals surface area contributed by atoms with Gasteiger partial charge in [0.1, 0.15) is 24.5 Å². The number of aromatic hydroxyl groups is 1. The summed E-state index contributed by atoms with van der Waals surface area (Å²) in [5, 5.41) is 17.2. The summed E-state index contributed by atoms with van der Waals surface area (Å²) in [5.41, 5.74) is -0.746. The van der Waals surface area contributed by atoms with E-state index in [-0.39, 0.29) is 83.8 Å².